The van der Waals surface area contributed by atoms with Crippen LogP contribution in [-0.4, -0.2) is 45.3 Å². The molecule has 0 aliphatic rings. The molecule has 1 unspecified atom stereocenters. The summed E-state index contributed by atoms with van der Waals surface area (Å²) >= 11 is 0. The van der Waals surface area contributed by atoms with E-state index in [0.717, 1.165) is 10.4 Å². The molecule has 0 aliphatic carbocycles. The maximum Gasteiger partial charge on any atom is 0.0781 e. The Hall–Kier alpha value is -0.0800. The van der Waals surface area contributed by atoms with Gasteiger partial charge in [-0.25, -0.2) is 0 Å². The van der Waals surface area contributed by atoms with Gasteiger partial charge in [0.15, 0.2) is 0 Å². The number of quaternary nitrogens is 2. The van der Waals surface area contributed by atoms with E-state index in [0.29, 0.717) is 0 Å². The number of nitrogens with two attached hydrogens (primary N) is 1. The fraction of sp³-hybridized carbons (Fsp3) is 1.00. The maximum absolute atomic E-state index is 2.49. The van der Waals surface area contributed by atoms with E-state index in [2.05, 4.69) is 40.3 Å². The lowest BCUT2D eigenvalue weighted by Gasteiger charge is -2.23. The van der Waals surface area contributed by atoms with Gasteiger partial charge in [0.25, 0.3) is 0 Å². The molecular formula is C14H34N2+2. The molecule has 16 heavy (non-hydrogen) atoms. The molecule has 0 bridgehead atoms. The highest BCUT2D eigenvalue weighted by Crippen LogP contribution is 2.02. The smallest absolute Gasteiger partial charge is 0.0781 e. The molecule has 2 heteroatoms. The standard InChI is InChI=1S/C14H33N2/c1-6-14(2)13-15-11-9-7-8-10-12-16(3,4)5/h14-15H,6-13H2,1-5H3/q+1/p+1. The zero-order valence-electron chi connectivity index (χ0n) is 12.3. The van der Waals surface area contributed by atoms with E-state index < -0.39 is 0 Å². The van der Waals surface area contributed by atoms with Crippen LogP contribution in [0.25, 0.3) is 0 Å². The summed E-state index contributed by atoms with van der Waals surface area (Å²) < 4.78 is 1.11. The minimum Gasteiger partial charge on any atom is -0.346 e. The number of hydrogen-bond donors (Lipinski definition) is 1. The minimum absolute atomic E-state index is 0.887. The molecule has 0 aromatic carbocycles. The molecule has 2 N–H and O–H groups in total. The first-order valence-corrected chi connectivity index (χ1v) is 7.08. The van der Waals surface area contributed by atoms with Gasteiger partial charge in [0.05, 0.1) is 40.8 Å². The van der Waals surface area contributed by atoms with Crippen LogP contribution >= 0.6 is 0 Å². The molecule has 1 atom stereocenters. The molecule has 0 aromatic heterocycles. The van der Waals surface area contributed by atoms with Crippen molar-refractivity contribution in [3.63, 3.8) is 0 Å². The van der Waals surface area contributed by atoms with E-state index >= 15 is 0 Å². The lowest BCUT2D eigenvalue weighted by Crippen LogP contribution is -2.85. The Morgan fingerprint density at radius 1 is 1.00 bits per heavy atom. The summed E-state index contributed by atoms with van der Waals surface area (Å²) in [6.07, 6.45) is 6.92. The van der Waals surface area contributed by atoms with Crippen LogP contribution < -0.4 is 5.32 Å². The van der Waals surface area contributed by atoms with E-state index in [4.69, 9.17) is 0 Å². The third kappa shape index (κ3) is 12.0. The summed E-state index contributed by atoms with van der Waals surface area (Å²) in [6.45, 7) is 8.59. The average molecular weight is 230 g/mol. The monoisotopic (exact) mass is 230 g/mol. The second-order valence-corrected chi connectivity index (χ2v) is 6.25. The van der Waals surface area contributed by atoms with Crippen molar-refractivity contribution in [3.8, 4) is 0 Å². The van der Waals surface area contributed by atoms with Crippen LogP contribution in [0.1, 0.15) is 46.0 Å². The molecule has 0 aromatic rings. The Morgan fingerprint density at radius 2 is 1.62 bits per heavy atom. The molecule has 0 heterocycles. The number of nitrogens with zero attached hydrogens (tertiary/aromatic N) is 1. The van der Waals surface area contributed by atoms with Crippen molar-refractivity contribution in [2.75, 3.05) is 40.8 Å². The quantitative estimate of drug-likeness (QED) is 0.436. The van der Waals surface area contributed by atoms with Gasteiger partial charge in [0, 0.05) is 5.92 Å². The van der Waals surface area contributed by atoms with Crippen LogP contribution in [0.3, 0.4) is 0 Å². The predicted molar refractivity (Wildman–Crippen MR) is 72.5 cm³/mol. The van der Waals surface area contributed by atoms with Crippen LogP contribution in [0.2, 0.25) is 0 Å². The number of hydrogen-bond acceptors (Lipinski definition) is 0. The molecule has 0 rings (SSSR count). The van der Waals surface area contributed by atoms with E-state index in [1.807, 2.05) is 0 Å². The zero-order chi connectivity index (χ0) is 12.4. The van der Waals surface area contributed by atoms with E-state index in [1.165, 1.54) is 51.7 Å². The van der Waals surface area contributed by atoms with Crippen LogP contribution in [0, 0.1) is 5.92 Å². The molecule has 0 fully saturated rings. The van der Waals surface area contributed by atoms with Gasteiger partial charge >= 0.3 is 0 Å². The van der Waals surface area contributed by atoms with E-state index in [-0.39, 0.29) is 0 Å². The van der Waals surface area contributed by atoms with Crippen LogP contribution in [0.4, 0.5) is 0 Å². The molecule has 98 valence electrons. The van der Waals surface area contributed by atoms with Crippen molar-refractivity contribution >= 4 is 0 Å². The Balaban J connectivity index is 3.10. The molecule has 2 nitrogen and oxygen atoms in total. The highest BCUT2D eigenvalue weighted by atomic mass is 15.3. The van der Waals surface area contributed by atoms with Gasteiger partial charge in [0.2, 0.25) is 0 Å². The maximum atomic E-state index is 2.49. The van der Waals surface area contributed by atoms with Crippen LogP contribution in [-0.2, 0) is 0 Å². The summed E-state index contributed by atoms with van der Waals surface area (Å²) in [5.74, 6) is 0.887. The van der Waals surface area contributed by atoms with E-state index in [1.54, 1.807) is 0 Å². The van der Waals surface area contributed by atoms with Crippen molar-refractivity contribution < 1.29 is 9.80 Å². The molecule has 0 saturated carbocycles. The molecule has 0 aliphatic heterocycles. The summed E-state index contributed by atoms with van der Waals surface area (Å²) in [7, 11) is 6.83. The summed E-state index contributed by atoms with van der Waals surface area (Å²) in [5, 5.41) is 2.49. The Morgan fingerprint density at radius 3 is 2.19 bits per heavy atom. The van der Waals surface area contributed by atoms with Gasteiger partial charge in [-0.05, 0) is 32.1 Å². The van der Waals surface area contributed by atoms with Gasteiger partial charge in [-0.1, -0.05) is 13.8 Å². The third-order valence-corrected chi connectivity index (χ3v) is 3.25. The van der Waals surface area contributed by atoms with Crippen LogP contribution in [0.15, 0.2) is 0 Å². The first-order chi connectivity index (χ1) is 7.45. The van der Waals surface area contributed by atoms with Crippen molar-refractivity contribution in [3.05, 3.63) is 0 Å². The largest absolute Gasteiger partial charge is 0.346 e. The normalized spacial score (nSPS) is 14.1. The summed E-state index contributed by atoms with van der Waals surface area (Å²) in [6, 6.07) is 0. The Labute approximate surface area is 103 Å². The average Bonchev–Trinajstić information content (AvgIpc) is 2.20. The van der Waals surface area contributed by atoms with Gasteiger partial charge < -0.3 is 9.80 Å². The molecule has 0 spiro atoms. The fourth-order valence-electron chi connectivity index (χ4n) is 1.80. The second-order valence-electron chi connectivity index (χ2n) is 6.25. The Bertz CT molecular complexity index is 149. The van der Waals surface area contributed by atoms with Crippen molar-refractivity contribution in [1.82, 2.24) is 0 Å². The van der Waals surface area contributed by atoms with Crippen molar-refractivity contribution in [2.45, 2.75) is 46.0 Å². The van der Waals surface area contributed by atoms with Crippen LogP contribution in [0.5, 0.6) is 0 Å². The van der Waals surface area contributed by atoms with Crippen molar-refractivity contribution in [1.29, 1.82) is 0 Å². The first kappa shape index (κ1) is 15.9. The predicted octanol–water partition coefficient (Wildman–Crippen LogP) is 1.86. The SMILES string of the molecule is CCC(C)C[NH2+]CCCCCC[N+](C)(C)C. The summed E-state index contributed by atoms with van der Waals surface area (Å²) in [5.41, 5.74) is 0. The molecule has 0 radical (unpaired) electrons. The third-order valence-electron chi connectivity index (χ3n) is 3.25. The molecular weight excluding hydrogens is 196 g/mol. The Kier molecular flexibility index (Phi) is 8.96. The second kappa shape index (κ2) is 9.00. The highest BCUT2D eigenvalue weighted by Gasteiger charge is 2.05. The lowest BCUT2D eigenvalue weighted by atomic mass is 10.1. The fourth-order valence-corrected chi connectivity index (χ4v) is 1.80. The van der Waals surface area contributed by atoms with Gasteiger partial charge in [0.1, 0.15) is 0 Å². The van der Waals surface area contributed by atoms with Gasteiger partial charge in [-0.3, -0.25) is 0 Å². The number of unbranched alkanes of at least 4 members (excludes halogenated alkanes) is 3. The van der Waals surface area contributed by atoms with E-state index in [9.17, 15) is 0 Å². The number of rotatable bonds is 10. The highest BCUT2D eigenvalue weighted by molar-refractivity contribution is 4.44. The van der Waals surface area contributed by atoms with Gasteiger partial charge in [-0.15, -0.1) is 0 Å². The van der Waals surface area contributed by atoms with Gasteiger partial charge in [-0.2, -0.15) is 0 Å². The summed E-state index contributed by atoms with van der Waals surface area (Å²) in [4.78, 5) is 0. The zero-order valence-corrected chi connectivity index (χ0v) is 12.3. The molecule has 0 amide bonds. The lowest BCUT2D eigenvalue weighted by molar-refractivity contribution is -0.870. The first-order valence-electron chi connectivity index (χ1n) is 7.08. The topological polar surface area (TPSA) is 16.6 Å². The molecule has 0 saturated heterocycles. The van der Waals surface area contributed by atoms with Crippen molar-refractivity contribution in [2.24, 2.45) is 5.92 Å². The minimum atomic E-state index is 0.887.